The Bertz CT molecular complexity index is 2770. The van der Waals surface area contributed by atoms with Crippen LogP contribution in [-0.4, -0.2) is 11.6 Å². The summed E-state index contributed by atoms with van der Waals surface area (Å²) in [6.07, 6.45) is 10.8. The molecule has 0 spiro atoms. The molecule has 2 aliphatic rings. The minimum Gasteiger partial charge on any atom is -0.288 e. The van der Waals surface area contributed by atoms with Crippen molar-refractivity contribution in [1.82, 2.24) is 0 Å². The van der Waals surface area contributed by atoms with Crippen molar-refractivity contribution >= 4 is 58.6 Å². The van der Waals surface area contributed by atoms with Crippen molar-refractivity contribution in [3.8, 4) is 11.1 Å². The van der Waals surface area contributed by atoms with Gasteiger partial charge >= 0.3 is 0 Å². The summed E-state index contributed by atoms with van der Waals surface area (Å²) >= 11 is 6.19. The Morgan fingerprint density at radius 3 is 1.08 bits per heavy atom. The third-order valence-corrected chi connectivity index (χ3v) is 17.0. The average Bonchev–Trinajstić information content (AvgIpc) is 3.32. The van der Waals surface area contributed by atoms with E-state index in [1.54, 1.807) is 47.0 Å². The molecule has 0 N–H and O–H groups in total. The van der Waals surface area contributed by atoms with E-state index in [0.717, 1.165) is 45.1 Å². The van der Waals surface area contributed by atoms with Gasteiger partial charge in [0.25, 0.3) is 0 Å². The lowest BCUT2D eigenvalue weighted by Gasteiger charge is -2.29. The number of rotatable bonds is 14. The number of fused-ring (bicyclic) bond motifs is 2. The lowest BCUT2D eigenvalue weighted by Crippen LogP contribution is -2.24. The lowest BCUT2D eigenvalue weighted by atomic mass is 9.77. The highest BCUT2D eigenvalue weighted by molar-refractivity contribution is 8.00. The van der Waals surface area contributed by atoms with Crippen LogP contribution in [0.15, 0.2) is 185 Å². The molecule has 0 amide bonds. The van der Waals surface area contributed by atoms with Gasteiger partial charge in [-0.3, -0.25) is 9.59 Å². The first-order valence-corrected chi connectivity index (χ1v) is 26.0. The van der Waals surface area contributed by atoms with Crippen molar-refractivity contribution in [3.05, 3.63) is 190 Å². The Morgan fingerprint density at radius 1 is 0.406 bits per heavy atom. The maximum Gasteiger partial charge on any atom is 0.196 e. The summed E-state index contributed by atoms with van der Waals surface area (Å²) in [6, 6.07) is 51.1. The molecule has 0 bridgehead atoms. The molecule has 9 rings (SSSR count). The van der Waals surface area contributed by atoms with Gasteiger partial charge in [-0.1, -0.05) is 169 Å². The Morgan fingerprint density at radius 2 is 0.734 bits per heavy atom. The third kappa shape index (κ3) is 10.1. The molecule has 0 unspecified atom stereocenters. The first kappa shape index (κ1) is 44.5. The number of benzene rings is 7. The minimum atomic E-state index is -0.110. The molecule has 1 saturated carbocycles. The number of hydrogen-bond donors (Lipinski definition) is 0. The SMILES string of the molecule is CCCCCC1CCC(c2ccc(-c3ccc(Sc4ccc(Sc5ccc(C)cc5)c5c4C(=O)c4c(Sc6ccc(C)cc6)ccc(Sc6ccc(C)cc6)c4C5=O)cc3)cc2)CC1. The monoisotopic (exact) mass is 910 g/mol. The molecule has 0 aromatic heterocycles. The normalized spacial score (nSPS) is 15.8. The van der Waals surface area contributed by atoms with Gasteiger partial charge in [-0.05, 0) is 148 Å². The Balaban J connectivity index is 1.04. The summed E-state index contributed by atoms with van der Waals surface area (Å²) in [5.74, 6) is 1.36. The van der Waals surface area contributed by atoms with Crippen LogP contribution in [0.5, 0.6) is 0 Å². The van der Waals surface area contributed by atoms with Crippen molar-refractivity contribution in [3.63, 3.8) is 0 Å². The molecular weight excluding hydrogens is 857 g/mol. The first-order chi connectivity index (χ1) is 31.2. The zero-order valence-electron chi connectivity index (χ0n) is 37.1. The van der Waals surface area contributed by atoms with Crippen molar-refractivity contribution < 1.29 is 9.59 Å². The zero-order chi connectivity index (χ0) is 44.2. The van der Waals surface area contributed by atoms with Gasteiger partial charge in [-0.2, -0.15) is 0 Å². The van der Waals surface area contributed by atoms with E-state index in [-0.39, 0.29) is 11.6 Å². The highest BCUT2D eigenvalue weighted by atomic mass is 32.2. The molecule has 64 heavy (non-hydrogen) atoms. The Labute approximate surface area is 396 Å². The molecule has 1 fully saturated rings. The van der Waals surface area contributed by atoms with E-state index in [1.165, 1.54) is 84.7 Å². The van der Waals surface area contributed by atoms with Gasteiger partial charge in [-0.15, -0.1) is 0 Å². The van der Waals surface area contributed by atoms with Crippen LogP contribution in [0.25, 0.3) is 11.1 Å². The van der Waals surface area contributed by atoms with Gasteiger partial charge in [-0.25, -0.2) is 0 Å². The van der Waals surface area contributed by atoms with Crippen LogP contribution in [0, 0.1) is 26.7 Å². The Hall–Kier alpha value is -4.72. The molecule has 0 saturated heterocycles. The topological polar surface area (TPSA) is 34.1 Å². The second-order valence-corrected chi connectivity index (χ2v) is 22.0. The van der Waals surface area contributed by atoms with Crippen LogP contribution in [0.1, 0.15) is 118 Å². The largest absolute Gasteiger partial charge is 0.288 e. The number of ketones is 2. The summed E-state index contributed by atoms with van der Waals surface area (Å²) in [5, 5.41) is 0. The van der Waals surface area contributed by atoms with E-state index in [9.17, 15) is 0 Å². The van der Waals surface area contributed by atoms with Gasteiger partial charge in [0.2, 0.25) is 0 Å². The van der Waals surface area contributed by atoms with Crippen LogP contribution in [-0.2, 0) is 0 Å². The second-order valence-electron chi connectivity index (χ2n) is 17.5. The van der Waals surface area contributed by atoms with Crippen molar-refractivity contribution in [1.29, 1.82) is 0 Å². The molecule has 0 atom stereocenters. The minimum absolute atomic E-state index is 0.110. The van der Waals surface area contributed by atoms with Crippen LogP contribution < -0.4 is 0 Å². The van der Waals surface area contributed by atoms with Gasteiger partial charge in [0, 0.05) is 61.4 Å². The molecule has 6 heteroatoms. The van der Waals surface area contributed by atoms with Crippen LogP contribution in [0.2, 0.25) is 0 Å². The standard InChI is InChI=1S/C58H54O2S4/c1-5-6-7-8-40-15-17-41(18-16-40)42-19-21-43(22-20-42)44-23-31-48(32-24-44)64-52-36-35-51(63-47-29-13-39(4)14-30-47)55-56(52)58(60)54-50(62-46-27-11-38(3)12-28-46)34-33-49(53(54)57(55)59)61-45-25-9-37(2)10-26-45/h9-14,19-36,40-41H,5-8,15-18H2,1-4H3. The van der Waals surface area contributed by atoms with E-state index < -0.39 is 0 Å². The molecular formula is C58H54O2S4. The van der Waals surface area contributed by atoms with Gasteiger partial charge in [0.05, 0.1) is 0 Å². The molecule has 7 aromatic rings. The summed E-state index contributed by atoms with van der Waals surface area (Å²) in [6.45, 7) is 8.51. The highest BCUT2D eigenvalue weighted by Gasteiger charge is 2.38. The highest BCUT2D eigenvalue weighted by Crippen LogP contribution is 2.48. The predicted octanol–water partition coefficient (Wildman–Crippen LogP) is 17.5. The number of hydrogen-bond acceptors (Lipinski definition) is 6. The fourth-order valence-corrected chi connectivity index (χ4v) is 12.9. The van der Waals surface area contributed by atoms with E-state index in [2.05, 4.69) is 149 Å². The van der Waals surface area contributed by atoms with Crippen molar-refractivity contribution in [2.24, 2.45) is 5.92 Å². The van der Waals surface area contributed by atoms with Gasteiger partial charge in [0.1, 0.15) is 0 Å². The second kappa shape index (κ2) is 20.2. The van der Waals surface area contributed by atoms with Crippen LogP contribution in [0.3, 0.4) is 0 Å². The number of aryl methyl sites for hydroxylation is 3. The zero-order valence-corrected chi connectivity index (χ0v) is 40.4. The van der Waals surface area contributed by atoms with Gasteiger partial charge in [0.15, 0.2) is 11.6 Å². The first-order valence-electron chi connectivity index (χ1n) is 22.8. The Kier molecular flexibility index (Phi) is 14.0. The number of unbranched alkanes of at least 4 members (excludes halogenated alkanes) is 2. The smallest absolute Gasteiger partial charge is 0.196 e. The molecule has 0 radical (unpaired) electrons. The predicted molar refractivity (Wildman–Crippen MR) is 270 cm³/mol. The molecule has 2 aliphatic carbocycles. The average molecular weight is 911 g/mol. The molecule has 0 heterocycles. The molecule has 2 nitrogen and oxygen atoms in total. The third-order valence-electron chi connectivity index (χ3n) is 12.8. The maximum absolute atomic E-state index is 15.5. The van der Waals surface area contributed by atoms with E-state index in [1.807, 2.05) is 24.3 Å². The van der Waals surface area contributed by atoms with E-state index in [0.29, 0.717) is 28.2 Å². The fraction of sp³-hybridized carbons (Fsp3) is 0.241. The summed E-state index contributed by atoms with van der Waals surface area (Å²) < 4.78 is 0. The quantitative estimate of drug-likeness (QED) is 0.101. The maximum atomic E-state index is 15.5. The molecule has 322 valence electrons. The fourth-order valence-electron chi connectivity index (χ4n) is 9.08. The summed E-state index contributed by atoms with van der Waals surface area (Å²) in [5.41, 5.74) is 9.29. The van der Waals surface area contributed by atoms with Crippen molar-refractivity contribution in [2.75, 3.05) is 0 Å². The van der Waals surface area contributed by atoms with E-state index >= 15 is 9.59 Å². The number of carbonyl (C=O) groups is 2. The summed E-state index contributed by atoms with van der Waals surface area (Å²) in [7, 11) is 0. The van der Waals surface area contributed by atoms with Crippen molar-refractivity contribution in [2.45, 2.75) is 124 Å². The molecule has 0 aliphatic heterocycles. The van der Waals surface area contributed by atoms with Gasteiger partial charge < -0.3 is 0 Å². The summed E-state index contributed by atoms with van der Waals surface area (Å²) in [4.78, 5) is 38.1. The molecule has 7 aromatic carbocycles. The van der Waals surface area contributed by atoms with Crippen LogP contribution in [0.4, 0.5) is 0 Å². The number of carbonyl (C=O) groups excluding carboxylic acids is 2. The lowest BCUT2D eigenvalue weighted by molar-refractivity contribution is 0.0970. The van der Waals surface area contributed by atoms with Crippen LogP contribution >= 0.6 is 47.0 Å². The van der Waals surface area contributed by atoms with E-state index in [4.69, 9.17) is 0 Å².